The second kappa shape index (κ2) is 6.89. The van der Waals surface area contributed by atoms with Gasteiger partial charge in [0.05, 0.1) is 5.56 Å². The van der Waals surface area contributed by atoms with Crippen molar-refractivity contribution in [2.45, 2.75) is 33.8 Å². The summed E-state index contributed by atoms with van der Waals surface area (Å²) in [7, 11) is 0. The maximum atomic E-state index is 12.2. The molecule has 0 aliphatic carbocycles. The molecule has 0 radical (unpaired) electrons. The fourth-order valence-corrected chi connectivity index (χ4v) is 2.09. The van der Waals surface area contributed by atoms with Gasteiger partial charge in [-0.25, -0.2) is 4.79 Å². The van der Waals surface area contributed by atoms with E-state index in [4.69, 9.17) is 4.74 Å². The van der Waals surface area contributed by atoms with Crippen molar-refractivity contribution in [2.75, 3.05) is 6.54 Å². The van der Waals surface area contributed by atoms with Gasteiger partial charge < -0.3 is 10.1 Å². The second-order valence-corrected chi connectivity index (χ2v) is 4.86. The minimum absolute atomic E-state index is 0.333. The predicted molar refractivity (Wildman–Crippen MR) is 78.7 cm³/mol. The summed E-state index contributed by atoms with van der Waals surface area (Å²) in [6, 6.07) is 3.85. The second-order valence-electron chi connectivity index (χ2n) is 4.86. The van der Waals surface area contributed by atoms with Gasteiger partial charge in [0.25, 0.3) is 5.91 Å². The molecule has 1 N–H and O–H groups in total. The Morgan fingerprint density at radius 1 is 1.30 bits per heavy atom. The van der Waals surface area contributed by atoms with E-state index in [1.807, 2.05) is 32.9 Å². The van der Waals surface area contributed by atoms with Crippen LogP contribution in [0.15, 0.2) is 24.8 Å². The molecule has 1 atom stereocenters. The lowest BCUT2D eigenvalue weighted by atomic mass is 10.00. The SMILES string of the molecule is C=CCNC(=O)C(C)OC(=O)c1c(C)cc(C)cc1C. The normalized spacial score (nSPS) is 11.6. The number of carbonyl (C=O) groups is 2. The van der Waals surface area contributed by atoms with Gasteiger partial charge >= 0.3 is 5.97 Å². The number of carbonyl (C=O) groups excluding carboxylic acids is 2. The Bertz CT molecular complexity index is 512. The molecule has 4 heteroatoms. The molecule has 1 amide bonds. The van der Waals surface area contributed by atoms with Gasteiger partial charge in [-0.3, -0.25) is 4.79 Å². The van der Waals surface area contributed by atoms with Crippen molar-refractivity contribution in [3.63, 3.8) is 0 Å². The summed E-state index contributed by atoms with van der Waals surface area (Å²) >= 11 is 0. The smallest absolute Gasteiger partial charge is 0.339 e. The summed E-state index contributed by atoms with van der Waals surface area (Å²) in [4.78, 5) is 23.8. The summed E-state index contributed by atoms with van der Waals surface area (Å²) in [5.74, 6) is -0.804. The number of nitrogens with one attached hydrogen (secondary N) is 1. The lowest BCUT2D eigenvalue weighted by Crippen LogP contribution is -2.36. The van der Waals surface area contributed by atoms with E-state index in [1.54, 1.807) is 13.0 Å². The number of aryl methyl sites for hydroxylation is 3. The molecule has 20 heavy (non-hydrogen) atoms. The Labute approximate surface area is 119 Å². The number of rotatable bonds is 5. The summed E-state index contributed by atoms with van der Waals surface area (Å²) in [5.41, 5.74) is 3.32. The third kappa shape index (κ3) is 3.95. The first-order valence-corrected chi connectivity index (χ1v) is 6.54. The Kier molecular flexibility index (Phi) is 5.50. The van der Waals surface area contributed by atoms with Gasteiger partial charge in [-0.15, -0.1) is 6.58 Å². The van der Waals surface area contributed by atoms with E-state index in [1.165, 1.54) is 0 Å². The van der Waals surface area contributed by atoms with Crippen molar-refractivity contribution < 1.29 is 14.3 Å². The van der Waals surface area contributed by atoms with Crippen LogP contribution in [0.2, 0.25) is 0 Å². The summed E-state index contributed by atoms with van der Waals surface area (Å²) in [6.45, 7) is 11.1. The third-order valence-electron chi connectivity index (χ3n) is 2.95. The molecule has 0 saturated heterocycles. The van der Waals surface area contributed by atoms with Gasteiger partial charge in [-0.1, -0.05) is 23.8 Å². The van der Waals surface area contributed by atoms with Gasteiger partial charge in [0.15, 0.2) is 6.10 Å². The van der Waals surface area contributed by atoms with E-state index < -0.39 is 12.1 Å². The van der Waals surface area contributed by atoms with Crippen molar-refractivity contribution in [2.24, 2.45) is 0 Å². The molecule has 0 aromatic heterocycles. The van der Waals surface area contributed by atoms with Gasteiger partial charge in [-0.05, 0) is 38.8 Å². The maximum absolute atomic E-state index is 12.2. The Morgan fingerprint density at radius 2 is 1.85 bits per heavy atom. The van der Waals surface area contributed by atoms with Crippen molar-refractivity contribution in [1.29, 1.82) is 0 Å². The summed E-state index contributed by atoms with van der Waals surface area (Å²) < 4.78 is 5.21. The quantitative estimate of drug-likeness (QED) is 0.663. The molecular formula is C16H21NO3. The topological polar surface area (TPSA) is 55.4 Å². The van der Waals surface area contributed by atoms with Crippen LogP contribution in [0.1, 0.15) is 34.0 Å². The first-order valence-electron chi connectivity index (χ1n) is 6.54. The molecule has 0 heterocycles. The van der Waals surface area contributed by atoms with Crippen LogP contribution < -0.4 is 5.32 Å². The van der Waals surface area contributed by atoms with E-state index in [0.29, 0.717) is 12.1 Å². The van der Waals surface area contributed by atoms with Gasteiger partial charge in [-0.2, -0.15) is 0 Å². The monoisotopic (exact) mass is 275 g/mol. The molecule has 1 aromatic rings. The molecule has 4 nitrogen and oxygen atoms in total. The highest BCUT2D eigenvalue weighted by molar-refractivity contribution is 5.94. The van der Waals surface area contributed by atoms with Crippen LogP contribution in [0.25, 0.3) is 0 Å². The van der Waals surface area contributed by atoms with Crippen LogP contribution >= 0.6 is 0 Å². The van der Waals surface area contributed by atoms with Crippen molar-refractivity contribution in [3.05, 3.63) is 47.0 Å². The van der Waals surface area contributed by atoms with Gasteiger partial charge in [0.1, 0.15) is 0 Å². The number of benzene rings is 1. The Morgan fingerprint density at radius 3 is 2.35 bits per heavy atom. The molecule has 0 aliphatic heterocycles. The zero-order valence-electron chi connectivity index (χ0n) is 12.4. The van der Waals surface area contributed by atoms with Crippen molar-refractivity contribution >= 4 is 11.9 Å². The summed E-state index contributed by atoms with van der Waals surface area (Å²) in [6.07, 6.45) is 0.739. The van der Waals surface area contributed by atoms with E-state index in [9.17, 15) is 9.59 Å². The highest BCUT2D eigenvalue weighted by Gasteiger charge is 2.21. The number of hydrogen-bond acceptors (Lipinski definition) is 3. The van der Waals surface area contributed by atoms with Crippen LogP contribution in [0.3, 0.4) is 0 Å². The first kappa shape index (κ1) is 16.0. The standard InChI is InChI=1S/C16H21NO3/c1-6-7-17-15(18)13(5)20-16(19)14-11(3)8-10(2)9-12(14)4/h6,8-9,13H,1,7H2,2-5H3,(H,17,18). The average molecular weight is 275 g/mol. The van der Waals surface area contributed by atoms with Crippen LogP contribution in [-0.2, 0) is 9.53 Å². The number of amides is 1. The third-order valence-corrected chi connectivity index (χ3v) is 2.95. The molecule has 108 valence electrons. The molecule has 1 rings (SSSR count). The zero-order valence-corrected chi connectivity index (χ0v) is 12.4. The van der Waals surface area contributed by atoms with E-state index in [-0.39, 0.29) is 5.91 Å². The lowest BCUT2D eigenvalue weighted by molar-refractivity contribution is -0.128. The highest BCUT2D eigenvalue weighted by Crippen LogP contribution is 2.18. The Balaban J connectivity index is 2.81. The lowest BCUT2D eigenvalue weighted by Gasteiger charge is -2.15. The fraction of sp³-hybridized carbons (Fsp3) is 0.375. The minimum Gasteiger partial charge on any atom is -0.449 e. The van der Waals surface area contributed by atoms with E-state index in [0.717, 1.165) is 16.7 Å². The largest absolute Gasteiger partial charge is 0.449 e. The van der Waals surface area contributed by atoms with E-state index in [2.05, 4.69) is 11.9 Å². The van der Waals surface area contributed by atoms with Crippen molar-refractivity contribution in [3.8, 4) is 0 Å². The van der Waals surface area contributed by atoms with Crippen LogP contribution in [0.4, 0.5) is 0 Å². The summed E-state index contributed by atoms with van der Waals surface area (Å²) in [5, 5.41) is 2.59. The number of esters is 1. The number of ether oxygens (including phenoxy) is 1. The molecule has 0 spiro atoms. The highest BCUT2D eigenvalue weighted by atomic mass is 16.5. The van der Waals surface area contributed by atoms with Gasteiger partial charge in [0.2, 0.25) is 0 Å². The minimum atomic E-state index is -0.831. The molecule has 0 fully saturated rings. The van der Waals surface area contributed by atoms with Crippen LogP contribution in [-0.4, -0.2) is 24.5 Å². The molecule has 1 aromatic carbocycles. The van der Waals surface area contributed by atoms with Crippen LogP contribution in [0.5, 0.6) is 0 Å². The van der Waals surface area contributed by atoms with Crippen LogP contribution in [0, 0.1) is 20.8 Å². The predicted octanol–water partition coefficient (Wildman–Crippen LogP) is 2.46. The van der Waals surface area contributed by atoms with Gasteiger partial charge in [0, 0.05) is 6.54 Å². The molecular weight excluding hydrogens is 254 g/mol. The first-order chi connectivity index (χ1) is 9.36. The molecule has 0 aliphatic rings. The maximum Gasteiger partial charge on any atom is 0.339 e. The molecule has 1 unspecified atom stereocenters. The number of hydrogen-bond donors (Lipinski definition) is 1. The molecule has 0 saturated carbocycles. The van der Waals surface area contributed by atoms with Crippen molar-refractivity contribution in [1.82, 2.24) is 5.32 Å². The average Bonchev–Trinajstić information content (AvgIpc) is 2.34. The zero-order chi connectivity index (χ0) is 15.3. The Hall–Kier alpha value is -2.10. The fourth-order valence-electron chi connectivity index (χ4n) is 2.09. The van der Waals surface area contributed by atoms with E-state index >= 15 is 0 Å². The molecule has 0 bridgehead atoms.